The van der Waals surface area contributed by atoms with E-state index >= 15 is 0 Å². The third-order valence-corrected chi connectivity index (χ3v) is 4.02. The lowest BCUT2D eigenvalue weighted by Gasteiger charge is -2.18. The average Bonchev–Trinajstić information content (AvgIpc) is 2.60. The maximum absolute atomic E-state index is 10.3. The molecular weight excluding hydrogens is 306 g/mol. The van der Waals surface area contributed by atoms with Gasteiger partial charge in [-0.15, -0.1) is 0 Å². The summed E-state index contributed by atoms with van der Waals surface area (Å²) in [6.07, 6.45) is 0.142. The molecule has 0 radical (unpaired) electrons. The Hall–Kier alpha value is -2.08. The molecule has 0 fully saturated rings. The van der Waals surface area contributed by atoms with E-state index < -0.39 is 6.10 Å². The Bertz CT molecular complexity index is 642. The molecule has 0 aliphatic rings. The van der Waals surface area contributed by atoms with E-state index in [0.29, 0.717) is 17.7 Å². The third-order valence-electron chi connectivity index (χ3n) is 4.02. The van der Waals surface area contributed by atoms with Gasteiger partial charge < -0.3 is 25.4 Å². The number of hydrogen-bond donors (Lipinski definition) is 4. The lowest BCUT2D eigenvalue weighted by Crippen LogP contribution is -2.32. The van der Waals surface area contributed by atoms with Crippen molar-refractivity contribution in [2.45, 2.75) is 32.1 Å². The number of methoxy groups -OCH3 is 1. The molecule has 4 N–H and O–H groups in total. The molecule has 2 rings (SSSR count). The highest BCUT2D eigenvalue weighted by Crippen LogP contribution is 2.22. The van der Waals surface area contributed by atoms with E-state index in [9.17, 15) is 15.3 Å². The summed E-state index contributed by atoms with van der Waals surface area (Å²) in [5, 5.41) is 32.3. The van der Waals surface area contributed by atoms with Crippen molar-refractivity contribution in [1.29, 1.82) is 0 Å². The maximum atomic E-state index is 10.3. The van der Waals surface area contributed by atoms with Crippen molar-refractivity contribution in [1.82, 2.24) is 5.32 Å². The predicted molar refractivity (Wildman–Crippen MR) is 93.2 cm³/mol. The van der Waals surface area contributed by atoms with Gasteiger partial charge in [-0.3, -0.25) is 0 Å². The summed E-state index contributed by atoms with van der Waals surface area (Å²) in [5.41, 5.74) is 2.27. The van der Waals surface area contributed by atoms with Crippen LogP contribution in [-0.4, -0.2) is 35.0 Å². The summed E-state index contributed by atoms with van der Waals surface area (Å²) in [6.45, 7) is 2.20. The minimum atomic E-state index is -0.700. The topological polar surface area (TPSA) is 82.0 Å². The summed E-state index contributed by atoms with van der Waals surface area (Å²) >= 11 is 0. The van der Waals surface area contributed by atoms with Gasteiger partial charge in [0, 0.05) is 18.2 Å². The molecule has 24 heavy (non-hydrogen) atoms. The molecule has 130 valence electrons. The van der Waals surface area contributed by atoms with E-state index in [1.54, 1.807) is 19.2 Å². The monoisotopic (exact) mass is 331 g/mol. The zero-order valence-electron chi connectivity index (χ0n) is 14.1. The summed E-state index contributed by atoms with van der Waals surface area (Å²) in [4.78, 5) is 0. The highest BCUT2D eigenvalue weighted by molar-refractivity contribution is 5.36. The number of ether oxygens (including phenoxy) is 1. The van der Waals surface area contributed by atoms with Gasteiger partial charge in [0.2, 0.25) is 0 Å². The fourth-order valence-electron chi connectivity index (χ4n) is 2.56. The standard InChI is InChI=1S/C19H25NO4/c1-13(9-14-3-6-17(24-2)7-4-14)20-11-19(23)15-5-8-18(22)16(10-15)12-21/h3-8,10,13,19-23H,9,11-12H2,1-2H3/t13-,19+/m1/s1. The Morgan fingerprint density at radius 1 is 1.12 bits per heavy atom. The lowest BCUT2D eigenvalue weighted by atomic mass is 10.0. The maximum Gasteiger partial charge on any atom is 0.121 e. The second-order valence-electron chi connectivity index (χ2n) is 5.92. The first-order valence-corrected chi connectivity index (χ1v) is 8.00. The van der Waals surface area contributed by atoms with Crippen molar-refractivity contribution in [2.75, 3.05) is 13.7 Å². The van der Waals surface area contributed by atoms with E-state index in [4.69, 9.17) is 4.74 Å². The molecule has 0 aliphatic heterocycles. The van der Waals surface area contributed by atoms with Crippen LogP contribution in [-0.2, 0) is 13.0 Å². The Morgan fingerprint density at radius 3 is 2.46 bits per heavy atom. The molecule has 0 aliphatic carbocycles. The SMILES string of the molecule is COc1ccc(C[C@@H](C)NC[C@H](O)c2ccc(O)c(CO)c2)cc1. The summed E-state index contributed by atoms with van der Waals surface area (Å²) in [5.74, 6) is 0.871. The zero-order valence-corrected chi connectivity index (χ0v) is 14.1. The second kappa shape index (κ2) is 8.68. The lowest BCUT2D eigenvalue weighted by molar-refractivity contribution is 0.170. The van der Waals surface area contributed by atoms with Crippen molar-refractivity contribution < 1.29 is 20.1 Å². The van der Waals surface area contributed by atoms with E-state index in [1.807, 2.05) is 24.3 Å². The molecule has 2 aromatic rings. The van der Waals surface area contributed by atoms with Crippen LogP contribution in [0.2, 0.25) is 0 Å². The molecule has 0 saturated heterocycles. The first-order valence-electron chi connectivity index (χ1n) is 8.00. The van der Waals surface area contributed by atoms with Crippen molar-refractivity contribution in [3.63, 3.8) is 0 Å². The minimum Gasteiger partial charge on any atom is -0.508 e. The number of hydrogen-bond acceptors (Lipinski definition) is 5. The van der Waals surface area contributed by atoms with Crippen LogP contribution in [0.1, 0.15) is 29.7 Å². The Balaban J connectivity index is 1.87. The molecule has 0 amide bonds. The number of benzene rings is 2. The number of aliphatic hydroxyl groups excluding tert-OH is 2. The van der Waals surface area contributed by atoms with Crippen LogP contribution in [0.4, 0.5) is 0 Å². The first-order chi connectivity index (χ1) is 11.5. The molecule has 0 heterocycles. The number of phenols is 1. The van der Waals surface area contributed by atoms with Crippen molar-refractivity contribution in [2.24, 2.45) is 0 Å². The number of aromatic hydroxyl groups is 1. The zero-order chi connectivity index (χ0) is 17.5. The number of rotatable bonds is 8. The van der Waals surface area contributed by atoms with Gasteiger partial charge in [-0.25, -0.2) is 0 Å². The smallest absolute Gasteiger partial charge is 0.121 e. The van der Waals surface area contributed by atoms with E-state index in [2.05, 4.69) is 12.2 Å². The van der Waals surface area contributed by atoms with E-state index in [1.165, 1.54) is 11.6 Å². The Kier molecular flexibility index (Phi) is 6.61. The highest BCUT2D eigenvalue weighted by Gasteiger charge is 2.12. The Morgan fingerprint density at radius 2 is 1.83 bits per heavy atom. The van der Waals surface area contributed by atoms with Gasteiger partial charge in [0.25, 0.3) is 0 Å². The molecule has 0 unspecified atom stereocenters. The number of nitrogens with one attached hydrogen (secondary N) is 1. The summed E-state index contributed by atoms with van der Waals surface area (Å²) in [6, 6.07) is 12.9. The van der Waals surface area contributed by atoms with Crippen molar-refractivity contribution >= 4 is 0 Å². The van der Waals surface area contributed by atoms with E-state index in [-0.39, 0.29) is 18.4 Å². The average molecular weight is 331 g/mol. The van der Waals surface area contributed by atoms with Gasteiger partial charge in [-0.1, -0.05) is 18.2 Å². The molecule has 0 aromatic heterocycles. The van der Waals surface area contributed by atoms with Gasteiger partial charge in [-0.05, 0) is 48.7 Å². The normalized spacial score (nSPS) is 13.5. The van der Waals surface area contributed by atoms with Crippen LogP contribution in [0.25, 0.3) is 0 Å². The van der Waals surface area contributed by atoms with Crippen LogP contribution in [0.5, 0.6) is 11.5 Å². The van der Waals surface area contributed by atoms with E-state index in [0.717, 1.165) is 12.2 Å². The number of aliphatic hydroxyl groups is 2. The fraction of sp³-hybridized carbons (Fsp3) is 0.368. The fourth-order valence-corrected chi connectivity index (χ4v) is 2.56. The van der Waals surface area contributed by atoms with Crippen molar-refractivity contribution in [3.8, 4) is 11.5 Å². The molecule has 0 bridgehead atoms. The predicted octanol–water partition coefficient (Wildman–Crippen LogP) is 2.15. The third kappa shape index (κ3) is 4.96. The van der Waals surface area contributed by atoms with Crippen LogP contribution < -0.4 is 10.1 Å². The summed E-state index contributed by atoms with van der Waals surface area (Å²) < 4.78 is 5.15. The van der Waals surface area contributed by atoms with Crippen LogP contribution in [0.3, 0.4) is 0 Å². The van der Waals surface area contributed by atoms with Gasteiger partial charge in [0.1, 0.15) is 11.5 Å². The second-order valence-corrected chi connectivity index (χ2v) is 5.92. The van der Waals surface area contributed by atoms with Gasteiger partial charge in [0.05, 0.1) is 19.8 Å². The minimum absolute atomic E-state index is 0.0364. The molecular formula is C19H25NO4. The quantitative estimate of drug-likeness (QED) is 0.596. The largest absolute Gasteiger partial charge is 0.508 e. The highest BCUT2D eigenvalue weighted by atomic mass is 16.5. The van der Waals surface area contributed by atoms with Crippen LogP contribution in [0.15, 0.2) is 42.5 Å². The van der Waals surface area contributed by atoms with Gasteiger partial charge >= 0.3 is 0 Å². The Labute approximate surface area is 142 Å². The molecule has 0 saturated carbocycles. The van der Waals surface area contributed by atoms with Gasteiger partial charge in [0.15, 0.2) is 0 Å². The van der Waals surface area contributed by atoms with Crippen LogP contribution >= 0.6 is 0 Å². The summed E-state index contributed by atoms with van der Waals surface area (Å²) in [7, 11) is 1.64. The van der Waals surface area contributed by atoms with Gasteiger partial charge in [-0.2, -0.15) is 0 Å². The first kappa shape index (κ1) is 18.3. The molecule has 5 heteroatoms. The molecule has 2 atom stereocenters. The molecule has 2 aromatic carbocycles. The van der Waals surface area contributed by atoms with Crippen LogP contribution in [0, 0.1) is 0 Å². The molecule has 5 nitrogen and oxygen atoms in total. The molecule has 0 spiro atoms. The van der Waals surface area contributed by atoms with Crippen molar-refractivity contribution in [3.05, 3.63) is 59.2 Å².